The van der Waals surface area contributed by atoms with Crippen LogP contribution in [-0.4, -0.2) is 35.8 Å². The molecule has 3 rings (SSSR count). The molecule has 1 aliphatic heterocycles. The Hall–Kier alpha value is -2.31. The smallest absolute Gasteiger partial charge is 0.254 e. The standard InChI is InChI=1S/C19H18ClN3O2S/c1-2-22(14-8-4-3-5-9-14)18(25)13-26-19-21-12-17(24)23(19)16-11-7-6-10-15(16)20/h3-11H,2,12-13H2,1H3. The first-order valence-corrected chi connectivity index (χ1v) is 9.58. The van der Waals surface area contributed by atoms with Gasteiger partial charge in [0.05, 0.1) is 16.5 Å². The maximum atomic E-state index is 12.6. The quantitative estimate of drug-likeness (QED) is 0.783. The van der Waals surface area contributed by atoms with Crippen LogP contribution in [0.1, 0.15) is 6.92 Å². The van der Waals surface area contributed by atoms with Gasteiger partial charge in [0.25, 0.3) is 5.91 Å². The fraction of sp³-hybridized carbons (Fsp3) is 0.211. The van der Waals surface area contributed by atoms with Crippen molar-refractivity contribution in [2.45, 2.75) is 6.92 Å². The lowest BCUT2D eigenvalue weighted by Crippen LogP contribution is -2.35. The molecule has 0 unspecified atom stereocenters. The average Bonchev–Trinajstić information content (AvgIpc) is 3.02. The molecule has 7 heteroatoms. The monoisotopic (exact) mass is 387 g/mol. The molecule has 0 bridgehead atoms. The zero-order valence-corrected chi connectivity index (χ0v) is 15.8. The van der Waals surface area contributed by atoms with Gasteiger partial charge in [0.1, 0.15) is 6.54 Å². The van der Waals surface area contributed by atoms with Crippen LogP contribution in [0.25, 0.3) is 0 Å². The van der Waals surface area contributed by atoms with Gasteiger partial charge in [-0.05, 0) is 31.2 Å². The van der Waals surface area contributed by atoms with Crippen LogP contribution >= 0.6 is 23.4 Å². The Labute approximate surface area is 161 Å². The normalized spacial score (nSPS) is 13.7. The minimum absolute atomic E-state index is 0.0372. The lowest BCUT2D eigenvalue weighted by atomic mass is 10.3. The number of rotatable bonds is 5. The molecule has 1 heterocycles. The second kappa shape index (κ2) is 8.38. The number of amides is 2. The van der Waals surface area contributed by atoms with Crippen molar-refractivity contribution in [3.63, 3.8) is 0 Å². The van der Waals surface area contributed by atoms with Crippen molar-refractivity contribution in [3.8, 4) is 0 Å². The van der Waals surface area contributed by atoms with Gasteiger partial charge >= 0.3 is 0 Å². The molecule has 2 amide bonds. The summed E-state index contributed by atoms with van der Waals surface area (Å²) in [5, 5.41) is 0.974. The van der Waals surface area contributed by atoms with E-state index in [1.54, 1.807) is 23.1 Å². The van der Waals surface area contributed by atoms with Crippen LogP contribution in [0.4, 0.5) is 11.4 Å². The van der Waals surface area contributed by atoms with Gasteiger partial charge in [0.2, 0.25) is 5.91 Å². The lowest BCUT2D eigenvalue weighted by Gasteiger charge is -2.22. The lowest BCUT2D eigenvalue weighted by molar-refractivity contribution is -0.116. The van der Waals surface area contributed by atoms with Crippen LogP contribution < -0.4 is 9.80 Å². The van der Waals surface area contributed by atoms with Crippen LogP contribution in [0.15, 0.2) is 59.6 Å². The van der Waals surface area contributed by atoms with Crippen molar-refractivity contribution in [2.24, 2.45) is 4.99 Å². The number of carbonyl (C=O) groups excluding carboxylic acids is 2. The molecule has 2 aromatic rings. The number of benzene rings is 2. The summed E-state index contributed by atoms with van der Waals surface area (Å²) in [4.78, 5) is 32.4. The van der Waals surface area contributed by atoms with E-state index < -0.39 is 0 Å². The van der Waals surface area contributed by atoms with Crippen molar-refractivity contribution < 1.29 is 9.59 Å². The summed E-state index contributed by atoms with van der Waals surface area (Å²) in [6.45, 7) is 2.57. The first-order chi connectivity index (χ1) is 12.6. The van der Waals surface area contributed by atoms with Gasteiger partial charge in [-0.2, -0.15) is 0 Å². The number of para-hydroxylation sites is 2. The number of amidine groups is 1. The number of anilines is 2. The van der Waals surface area contributed by atoms with Gasteiger partial charge in [0.15, 0.2) is 5.17 Å². The fourth-order valence-corrected chi connectivity index (χ4v) is 3.79. The molecular weight excluding hydrogens is 370 g/mol. The Morgan fingerprint density at radius 3 is 2.58 bits per heavy atom. The van der Waals surface area contributed by atoms with Gasteiger partial charge in [-0.1, -0.05) is 53.7 Å². The molecular formula is C19H18ClN3O2S. The van der Waals surface area contributed by atoms with Gasteiger partial charge in [0, 0.05) is 12.2 Å². The topological polar surface area (TPSA) is 53.0 Å². The van der Waals surface area contributed by atoms with E-state index in [0.717, 1.165) is 5.69 Å². The summed E-state index contributed by atoms with van der Waals surface area (Å²) < 4.78 is 0. The maximum absolute atomic E-state index is 12.6. The summed E-state index contributed by atoms with van der Waals surface area (Å²) >= 11 is 7.47. The maximum Gasteiger partial charge on any atom is 0.254 e. The summed E-state index contributed by atoms with van der Waals surface area (Å²) in [5.74, 6) is 0.00353. The number of carbonyl (C=O) groups is 2. The van der Waals surface area contributed by atoms with E-state index in [4.69, 9.17) is 11.6 Å². The Kier molecular flexibility index (Phi) is 5.96. The second-order valence-electron chi connectivity index (χ2n) is 5.54. The molecule has 26 heavy (non-hydrogen) atoms. The highest BCUT2D eigenvalue weighted by Gasteiger charge is 2.29. The van der Waals surface area contributed by atoms with Crippen LogP contribution in [0.2, 0.25) is 5.02 Å². The minimum Gasteiger partial charge on any atom is -0.312 e. The molecule has 5 nitrogen and oxygen atoms in total. The van der Waals surface area contributed by atoms with Crippen molar-refractivity contribution in [2.75, 3.05) is 28.6 Å². The van der Waals surface area contributed by atoms with E-state index >= 15 is 0 Å². The highest BCUT2D eigenvalue weighted by molar-refractivity contribution is 8.14. The molecule has 0 saturated carbocycles. The Balaban J connectivity index is 1.71. The number of hydrogen-bond acceptors (Lipinski definition) is 4. The van der Waals surface area contributed by atoms with E-state index in [0.29, 0.717) is 22.4 Å². The molecule has 0 N–H and O–H groups in total. The average molecular weight is 388 g/mol. The van der Waals surface area contributed by atoms with E-state index in [9.17, 15) is 9.59 Å². The summed E-state index contributed by atoms with van der Waals surface area (Å²) in [6.07, 6.45) is 0. The summed E-state index contributed by atoms with van der Waals surface area (Å²) in [6, 6.07) is 16.6. The third-order valence-electron chi connectivity index (χ3n) is 3.89. The SMILES string of the molecule is CCN(C(=O)CSC1=NCC(=O)N1c1ccccc1Cl)c1ccccc1. The zero-order valence-electron chi connectivity index (χ0n) is 14.3. The van der Waals surface area contributed by atoms with Gasteiger partial charge in [-0.15, -0.1) is 0 Å². The fourth-order valence-electron chi connectivity index (χ4n) is 2.68. The highest BCUT2D eigenvalue weighted by Crippen LogP contribution is 2.30. The molecule has 0 radical (unpaired) electrons. The molecule has 0 aromatic heterocycles. The predicted octanol–water partition coefficient (Wildman–Crippen LogP) is 3.83. The van der Waals surface area contributed by atoms with Gasteiger partial charge in [-0.3, -0.25) is 19.5 Å². The molecule has 0 atom stereocenters. The third-order valence-corrected chi connectivity index (χ3v) is 5.17. The number of thioether (sulfide) groups is 1. The molecule has 0 fully saturated rings. The number of hydrogen-bond donors (Lipinski definition) is 0. The van der Waals surface area contributed by atoms with Crippen LogP contribution in [-0.2, 0) is 9.59 Å². The van der Waals surface area contributed by atoms with Gasteiger partial charge < -0.3 is 4.90 Å². The van der Waals surface area contributed by atoms with E-state index in [-0.39, 0.29) is 24.1 Å². The largest absolute Gasteiger partial charge is 0.312 e. The van der Waals surface area contributed by atoms with E-state index in [2.05, 4.69) is 4.99 Å². The molecule has 0 aliphatic carbocycles. The molecule has 0 saturated heterocycles. The zero-order chi connectivity index (χ0) is 18.5. The van der Waals surface area contributed by atoms with Crippen molar-refractivity contribution in [1.29, 1.82) is 0 Å². The highest BCUT2D eigenvalue weighted by atomic mass is 35.5. The minimum atomic E-state index is -0.150. The summed E-state index contributed by atoms with van der Waals surface area (Å²) in [7, 11) is 0. The molecule has 0 spiro atoms. The summed E-state index contributed by atoms with van der Waals surface area (Å²) in [5.41, 5.74) is 1.44. The van der Waals surface area contributed by atoms with E-state index in [1.165, 1.54) is 16.7 Å². The third kappa shape index (κ3) is 3.92. The first-order valence-electron chi connectivity index (χ1n) is 8.22. The number of halogens is 1. The molecule has 1 aliphatic rings. The van der Waals surface area contributed by atoms with Crippen LogP contribution in [0.3, 0.4) is 0 Å². The van der Waals surface area contributed by atoms with Crippen molar-refractivity contribution in [1.82, 2.24) is 0 Å². The number of aliphatic imine (C=N–C) groups is 1. The second-order valence-corrected chi connectivity index (χ2v) is 6.89. The van der Waals surface area contributed by atoms with E-state index in [1.807, 2.05) is 43.3 Å². The van der Waals surface area contributed by atoms with Gasteiger partial charge in [-0.25, -0.2) is 0 Å². The Morgan fingerprint density at radius 2 is 1.88 bits per heavy atom. The molecule has 2 aromatic carbocycles. The predicted molar refractivity (Wildman–Crippen MR) is 108 cm³/mol. The Bertz CT molecular complexity index is 842. The van der Waals surface area contributed by atoms with Crippen LogP contribution in [0.5, 0.6) is 0 Å². The van der Waals surface area contributed by atoms with Crippen molar-refractivity contribution >= 4 is 51.7 Å². The Morgan fingerprint density at radius 1 is 1.19 bits per heavy atom. The first kappa shape index (κ1) is 18.5. The van der Waals surface area contributed by atoms with Crippen molar-refractivity contribution in [3.05, 3.63) is 59.6 Å². The number of nitrogens with zero attached hydrogens (tertiary/aromatic N) is 3. The van der Waals surface area contributed by atoms with Crippen LogP contribution in [0, 0.1) is 0 Å². The molecule has 134 valence electrons.